The fraction of sp³-hybridized carbons (Fsp3) is 1.00. The van der Waals surface area contributed by atoms with Gasteiger partial charge in [0.15, 0.2) is 0 Å². The number of likely N-dealkylation sites (N-methyl/N-ethyl adjacent to an activating group) is 1. The third-order valence-electron chi connectivity index (χ3n) is 3.88. The molecule has 3 heteroatoms. The van der Waals surface area contributed by atoms with E-state index in [0.717, 1.165) is 6.54 Å². The summed E-state index contributed by atoms with van der Waals surface area (Å²) in [5, 5.41) is 9.07. The number of nitrogens with zero attached hydrogens (tertiary/aromatic N) is 2. The van der Waals surface area contributed by atoms with Crippen molar-refractivity contribution in [3.05, 3.63) is 0 Å². The topological polar surface area (TPSA) is 26.7 Å². The maximum Gasteiger partial charge on any atom is 0.0558 e. The summed E-state index contributed by atoms with van der Waals surface area (Å²) in [6, 6.07) is 0. The van der Waals surface area contributed by atoms with Crippen molar-refractivity contribution in [2.24, 2.45) is 0 Å². The third kappa shape index (κ3) is 1.81. The molecule has 0 amide bonds. The molecule has 2 saturated heterocycles. The van der Waals surface area contributed by atoms with Crippen molar-refractivity contribution < 1.29 is 5.11 Å². The minimum absolute atomic E-state index is 0.311. The van der Waals surface area contributed by atoms with Gasteiger partial charge in [-0.3, -0.25) is 4.90 Å². The van der Waals surface area contributed by atoms with Gasteiger partial charge in [0.2, 0.25) is 0 Å². The normalized spacial score (nSPS) is 35.6. The molecule has 2 aliphatic rings. The van der Waals surface area contributed by atoms with E-state index in [1.807, 2.05) is 0 Å². The molecule has 1 spiro atoms. The van der Waals surface area contributed by atoms with Gasteiger partial charge in [-0.1, -0.05) is 6.42 Å². The Balaban J connectivity index is 2.05. The Morgan fingerprint density at radius 3 is 2.71 bits per heavy atom. The van der Waals surface area contributed by atoms with Gasteiger partial charge < -0.3 is 10.0 Å². The molecule has 1 N–H and O–H groups in total. The van der Waals surface area contributed by atoms with Gasteiger partial charge in [-0.25, -0.2) is 0 Å². The summed E-state index contributed by atoms with van der Waals surface area (Å²) in [6.45, 7) is 4.79. The van der Waals surface area contributed by atoms with Crippen LogP contribution in [0, 0.1) is 0 Å². The van der Waals surface area contributed by atoms with Gasteiger partial charge in [0.25, 0.3) is 0 Å². The molecule has 82 valence electrons. The van der Waals surface area contributed by atoms with Crippen molar-refractivity contribution >= 4 is 0 Å². The number of β-amino-alcohol motifs (C(OH)–C–C–N with tert-alkyl or cyclic N) is 1. The summed E-state index contributed by atoms with van der Waals surface area (Å²) in [4.78, 5) is 4.95. The monoisotopic (exact) mass is 198 g/mol. The van der Waals surface area contributed by atoms with Crippen LogP contribution in [-0.2, 0) is 0 Å². The number of likely N-dealkylation sites (tertiary alicyclic amines) is 2. The predicted molar refractivity (Wildman–Crippen MR) is 57.4 cm³/mol. The van der Waals surface area contributed by atoms with Crippen LogP contribution in [0.15, 0.2) is 0 Å². The molecule has 0 aromatic rings. The molecule has 2 aliphatic heterocycles. The van der Waals surface area contributed by atoms with Crippen molar-refractivity contribution in [3.8, 4) is 0 Å². The van der Waals surface area contributed by atoms with Gasteiger partial charge in [0.1, 0.15) is 0 Å². The van der Waals surface area contributed by atoms with Crippen molar-refractivity contribution in [1.29, 1.82) is 0 Å². The van der Waals surface area contributed by atoms with Gasteiger partial charge in [-0.2, -0.15) is 0 Å². The van der Waals surface area contributed by atoms with Gasteiger partial charge in [-0.05, 0) is 39.4 Å². The highest BCUT2D eigenvalue weighted by molar-refractivity contribution is 5.00. The Labute approximate surface area is 86.7 Å². The summed E-state index contributed by atoms with van der Waals surface area (Å²) in [5.74, 6) is 0. The third-order valence-corrected chi connectivity index (χ3v) is 3.88. The van der Waals surface area contributed by atoms with Crippen LogP contribution in [0.5, 0.6) is 0 Å². The summed E-state index contributed by atoms with van der Waals surface area (Å²) >= 11 is 0. The van der Waals surface area contributed by atoms with Crippen LogP contribution < -0.4 is 0 Å². The molecule has 0 aliphatic carbocycles. The van der Waals surface area contributed by atoms with Crippen molar-refractivity contribution in [3.63, 3.8) is 0 Å². The van der Waals surface area contributed by atoms with Gasteiger partial charge >= 0.3 is 0 Å². The lowest BCUT2D eigenvalue weighted by atomic mass is 9.86. The van der Waals surface area contributed by atoms with E-state index in [9.17, 15) is 0 Å². The Morgan fingerprint density at radius 2 is 2.07 bits per heavy atom. The molecular weight excluding hydrogens is 176 g/mol. The van der Waals surface area contributed by atoms with E-state index >= 15 is 0 Å². The zero-order valence-electron chi connectivity index (χ0n) is 9.21. The number of hydrogen-bond acceptors (Lipinski definition) is 3. The Hall–Kier alpha value is -0.120. The average Bonchev–Trinajstić information content (AvgIpc) is 2.53. The fourth-order valence-electron chi connectivity index (χ4n) is 3.14. The first-order valence-electron chi connectivity index (χ1n) is 5.81. The van der Waals surface area contributed by atoms with E-state index in [2.05, 4.69) is 16.8 Å². The van der Waals surface area contributed by atoms with Crippen LogP contribution in [0.1, 0.15) is 25.7 Å². The summed E-state index contributed by atoms with van der Waals surface area (Å²) in [6.07, 6.45) is 5.31. The van der Waals surface area contributed by atoms with E-state index in [4.69, 9.17) is 5.11 Å². The van der Waals surface area contributed by atoms with E-state index in [-0.39, 0.29) is 0 Å². The maximum atomic E-state index is 9.07. The first-order valence-corrected chi connectivity index (χ1v) is 5.81. The summed E-state index contributed by atoms with van der Waals surface area (Å²) < 4.78 is 0. The number of piperidine rings is 1. The highest BCUT2D eigenvalue weighted by atomic mass is 16.3. The summed E-state index contributed by atoms with van der Waals surface area (Å²) in [7, 11) is 2.21. The van der Waals surface area contributed by atoms with Crippen molar-refractivity contribution in [2.75, 3.05) is 39.8 Å². The zero-order chi connectivity index (χ0) is 10.0. The minimum Gasteiger partial charge on any atom is -0.395 e. The van der Waals surface area contributed by atoms with E-state index in [0.29, 0.717) is 12.1 Å². The number of rotatable bonds is 2. The van der Waals surface area contributed by atoms with E-state index < -0.39 is 0 Å². The lowest BCUT2D eigenvalue weighted by Gasteiger charge is -2.44. The molecular formula is C11H22N2O. The molecule has 3 nitrogen and oxygen atoms in total. The Morgan fingerprint density at radius 1 is 1.21 bits per heavy atom. The predicted octanol–water partition coefficient (Wildman–Crippen LogP) is 0.539. The number of aliphatic hydroxyl groups excluding tert-OH is 1. The van der Waals surface area contributed by atoms with Crippen LogP contribution in [0.3, 0.4) is 0 Å². The molecule has 0 radical (unpaired) electrons. The molecule has 1 unspecified atom stereocenters. The van der Waals surface area contributed by atoms with Crippen LogP contribution in [0.2, 0.25) is 0 Å². The first kappa shape index (κ1) is 10.4. The molecule has 2 fully saturated rings. The molecule has 1 atom stereocenters. The van der Waals surface area contributed by atoms with Crippen LogP contribution in [-0.4, -0.2) is 60.3 Å². The highest BCUT2D eigenvalue weighted by Gasteiger charge is 2.42. The second-order valence-electron chi connectivity index (χ2n) is 4.88. The van der Waals surface area contributed by atoms with Crippen LogP contribution in [0.25, 0.3) is 0 Å². The summed E-state index contributed by atoms with van der Waals surface area (Å²) in [5.41, 5.74) is 0.412. The Kier molecular flexibility index (Phi) is 3.10. The number of aliphatic hydroxyl groups is 1. The van der Waals surface area contributed by atoms with Crippen molar-refractivity contribution in [2.45, 2.75) is 31.2 Å². The van der Waals surface area contributed by atoms with Crippen LogP contribution in [0.4, 0.5) is 0 Å². The van der Waals surface area contributed by atoms with Gasteiger partial charge in [0, 0.05) is 18.6 Å². The molecule has 0 aromatic carbocycles. The Bertz CT molecular complexity index is 192. The molecule has 14 heavy (non-hydrogen) atoms. The average molecular weight is 198 g/mol. The minimum atomic E-state index is 0.311. The lowest BCUT2D eigenvalue weighted by molar-refractivity contribution is 0.0393. The second-order valence-corrected chi connectivity index (χ2v) is 4.88. The van der Waals surface area contributed by atoms with Gasteiger partial charge in [0.05, 0.1) is 6.61 Å². The standard InChI is InChI=1S/C11H22N2O/c1-12-7-5-11(10-12)4-2-3-6-13(11)8-9-14/h14H,2-10H2,1H3. The molecule has 0 aromatic heterocycles. The lowest BCUT2D eigenvalue weighted by Crippen LogP contribution is -2.54. The maximum absolute atomic E-state index is 9.07. The SMILES string of the molecule is CN1CCC2(CCCCN2CCO)C1. The van der Waals surface area contributed by atoms with E-state index in [1.165, 1.54) is 45.3 Å². The van der Waals surface area contributed by atoms with E-state index in [1.54, 1.807) is 0 Å². The highest BCUT2D eigenvalue weighted by Crippen LogP contribution is 2.35. The quantitative estimate of drug-likeness (QED) is 0.701. The molecule has 0 bridgehead atoms. The molecule has 0 saturated carbocycles. The molecule has 2 heterocycles. The zero-order valence-corrected chi connectivity index (χ0v) is 9.21. The number of hydrogen-bond donors (Lipinski definition) is 1. The van der Waals surface area contributed by atoms with Gasteiger partial charge in [-0.15, -0.1) is 0 Å². The first-order chi connectivity index (χ1) is 6.77. The smallest absolute Gasteiger partial charge is 0.0558 e. The largest absolute Gasteiger partial charge is 0.395 e. The van der Waals surface area contributed by atoms with Crippen LogP contribution >= 0.6 is 0 Å². The second kappa shape index (κ2) is 4.17. The van der Waals surface area contributed by atoms with Crippen molar-refractivity contribution in [1.82, 2.24) is 9.80 Å². The molecule has 2 rings (SSSR count). The fourth-order valence-corrected chi connectivity index (χ4v) is 3.14.